The molecule has 1 atom stereocenters. The average Bonchev–Trinajstić information content (AvgIpc) is 3.56. The molecule has 0 bridgehead atoms. The van der Waals surface area contributed by atoms with Crippen LogP contribution >= 0.6 is 11.6 Å². The van der Waals surface area contributed by atoms with E-state index < -0.39 is 17.9 Å². The van der Waals surface area contributed by atoms with Gasteiger partial charge in [-0.25, -0.2) is 4.79 Å². The number of ether oxygens (including phenoxy) is 1. The van der Waals surface area contributed by atoms with Gasteiger partial charge in [0, 0.05) is 28.0 Å². The Bertz CT molecular complexity index is 1570. The average molecular weight is 530 g/mol. The van der Waals surface area contributed by atoms with Gasteiger partial charge in [-0.3, -0.25) is 4.79 Å². The van der Waals surface area contributed by atoms with Gasteiger partial charge in [0.25, 0.3) is 5.91 Å². The van der Waals surface area contributed by atoms with Crippen LogP contribution in [0.1, 0.15) is 27.2 Å². The van der Waals surface area contributed by atoms with Crippen molar-refractivity contribution in [2.45, 2.75) is 26.0 Å². The maximum absolute atomic E-state index is 13.1. The first-order chi connectivity index (χ1) is 18.4. The van der Waals surface area contributed by atoms with Crippen LogP contribution in [0.5, 0.6) is 5.75 Å². The van der Waals surface area contributed by atoms with Crippen molar-refractivity contribution in [3.8, 4) is 16.9 Å². The highest BCUT2D eigenvalue weighted by molar-refractivity contribution is 6.30. The van der Waals surface area contributed by atoms with Gasteiger partial charge in [0.2, 0.25) is 0 Å². The zero-order valence-corrected chi connectivity index (χ0v) is 21.2. The number of aryl methyl sites for hydroxylation is 1. The number of halogens is 1. The predicted octanol–water partition coefficient (Wildman–Crippen LogP) is 6.66. The van der Waals surface area contributed by atoms with Crippen molar-refractivity contribution >= 4 is 34.4 Å². The molecule has 0 aliphatic carbocycles. The second kappa shape index (κ2) is 10.9. The van der Waals surface area contributed by atoms with Crippen molar-refractivity contribution in [2.24, 2.45) is 0 Å². The Balaban J connectivity index is 1.28. The molecular formula is C30H24ClNO6. The fraction of sp³-hybridized carbons (Fsp3) is 0.133. The molecule has 1 amide bonds. The van der Waals surface area contributed by atoms with Crippen molar-refractivity contribution in [2.75, 3.05) is 0 Å². The molecule has 0 unspecified atom stereocenters. The molecule has 3 aromatic carbocycles. The van der Waals surface area contributed by atoms with E-state index in [0.29, 0.717) is 28.5 Å². The summed E-state index contributed by atoms with van der Waals surface area (Å²) >= 11 is 6.00. The third-order valence-electron chi connectivity index (χ3n) is 6.27. The fourth-order valence-electron chi connectivity index (χ4n) is 4.18. The van der Waals surface area contributed by atoms with Gasteiger partial charge in [0.15, 0.2) is 5.76 Å². The van der Waals surface area contributed by atoms with Gasteiger partial charge in [0.05, 0.1) is 12.5 Å². The molecule has 0 aliphatic rings. The summed E-state index contributed by atoms with van der Waals surface area (Å²) in [5, 5.41) is 13.8. The second-order valence-electron chi connectivity index (χ2n) is 8.91. The van der Waals surface area contributed by atoms with Gasteiger partial charge in [-0.2, -0.15) is 0 Å². The summed E-state index contributed by atoms with van der Waals surface area (Å²) in [4.78, 5) is 25.0. The number of amides is 1. The largest absolute Gasteiger partial charge is 0.489 e. The van der Waals surface area contributed by atoms with Crippen LogP contribution in [0.25, 0.3) is 22.1 Å². The van der Waals surface area contributed by atoms with Crippen LogP contribution in [0.15, 0.2) is 94.2 Å². The molecule has 0 saturated heterocycles. The van der Waals surface area contributed by atoms with Gasteiger partial charge in [-0.1, -0.05) is 41.9 Å². The molecule has 5 aromatic rings. The van der Waals surface area contributed by atoms with E-state index >= 15 is 0 Å². The van der Waals surface area contributed by atoms with Crippen LogP contribution in [-0.2, 0) is 17.8 Å². The minimum absolute atomic E-state index is 0.0856. The molecule has 2 aromatic heterocycles. The normalized spacial score (nSPS) is 11.8. The molecule has 0 saturated carbocycles. The van der Waals surface area contributed by atoms with Gasteiger partial charge in [-0.05, 0) is 66.1 Å². The zero-order valence-electron chi connectivity index (χ0n) is 20.4. The summed E-state index contributed by atoms with van der Waals surface area (Å²) in [5.74, 6) is -0.999. The van der Waals surface area contributed by atoms with Gasteiger partial charge in [-0.15, -0.1) is 0 Å². The molecule has 2 heterocycles. The first-order valence-electron chi connectivity index (χ1n) is 11.9. The van der Waals surface area contributed by atoms with Gasteiger partial charge >= 0.3 is 5.97 Å². The summed E-state index contributed by atoms with van der Waals surface area (Å²) < 4.78 is 16.5. The first kappa shape index (κ1) is 25.2. The molecule has 2 N–H and O–H groups in total. The van der Waals surface area contributed by atoms with Crippen molar-refractivity contribution in [1.29, 1.82) is 0 Å². The molecule has 192 valence electrons. The molecule has 0 spiro atoms. The van der Waals surface area contributed by atoms with Crippen LogP contribution in [0, 0.1) is 6.92 Å². The number of benzene rings is 3. The second-order valence-corrected chi connectivity index (χ2v) is 9.34. The van der Waals surface area contributed by atoms with Gasteiger partial charge in [0.1, 0.15) is 24.0 Å². The smallest absolute Gasteiger partial charge is 0.326 e. The molecular weight excluding hydrogens is 506 g/mol. The first-order valence-corrected chi connectivity index (χ1v) is 12.3. The Labute approximate surface area is 223 Å². The van der Waals surface area contributed by atoms with E-state index in [4.69, 9.17) is 25.2 Å². The maximum atomic E-state index is 13.1. The molecule has 0 radical (unpaired) electrons. The molecule has 0 aliphatic heterocycles. The molecule has 8 heteroatoms. The van der Waals surface area contributed by atoms with Crippen molar-refractivity contribution in [3.05, 3.63) is 113 Å². The standard InChI is InChI=1S/C30H24ClNO6/c1-18-25-15-22(21-4-7-23(31)8-5-21)6-11-27(25)38-28(18)29(33)32-26(30(34)35)14-19-2-9-24(10-3-19)37-17-20-12-13-36-16-20/h2-13,15-16,26H,14,17H2,1H3,(H,32,33)(H,34,35)/t26-/m0/s1. The van der Waals surface area contributed by atoms with E-state index in [1.807, 2.05) is 42.5 Å². The number of carbonyl (C=O) groups is 2. The van der Waals surface area contributed by atoms with Gasteiger partial charge < -0.3 is 24.0 Å². The molecule has 0 fully saturated rings. The topological polar surface area (TPSA) is 102 Å². The molecule has 38 heavy (non-hydrogen) atoms. The molecule has 5 rings (SSSR count). The quantitative estimate of drug-likeness (QED) is 0.221. The maximum Gasteiger partial charge on any atom is 0.326 e. The SMILES string of the molecule is Cc1c(C(=O)N[C@@H](Cc2ccc(OCc3ccoc3)cc2)C(=O)O)oc2ccc(-c3ccc(Cl)cc3)cc12. The van der Waals surface area contributed by atoms with E-state index in [1.54, 1.807) is 49.8 Å². The zero-order chi connectivity index (χ0) is 26.6. The number of hydrogen-bond donors (Lipinski definition) is 2. The number of nitrogens with one attached hydrogen (secondary N) is 1. The molecule has 7 nitrogen and oxygen atoms in total. The lowest BCUT2D eigenvalue weighted by molar-refractivity contribution is -0.139. The minimum Gasteiger partial charge on any atom is -0.489 e. The Kier molecular flexibility index (Phi) is 7.20. The minimum atomic E-state index is -1.14. The van der Waals surface area contributed by atoms with E-state index in [0.717, 1.165) is 27.6 Å². The summed E-state index contributed by atoms with van der Waals surface area (Å²) in [6.45, 7) is 2.14. The number of carbonyl (C=O) groups excluding carboxylic acids is 1. The van der Waals surface area contributed by atoms with E-state index in [9.17, 15) is 14.7 Å². The number of hydrogen-bond acceptors (Lipinski definition) is 5. The fourth-order valence-corrected chi connectivity index (χ4v) is 4.31. The number of furan rings is 2. The van der Waals surface area contributed by atoms with Crippen LogP contribution in [0.2, 0.25) is 5.02 Å². The highest BCUT2D eigenvalue weighted by Gasteiger charge is 2.25. The summed E-state index contributed by atoms with van der Waals surface area (Å²) in [6, 6.07) is 20.9. The summed E-state index contributed by atoms with van der Waals surface area (Å²) in [7, 11) is 0. The van der Waals surface area contributed by atoms with Crippen molar-refractivity contribution in [3.63, 3.8) is 0 Å². The lowest BCUT2D eigenvalue weighted by atomic mass is 10.0. The monoisotopic (exact) mass is 529 g/mol. The van der Waals surface area contributed by atoms with E-state index in [2.05, 4.69) is 5.32 Å². The van der Waals surface area contributed by atoms with Crippen LogP contribution < -0.4 is 10.1 Å². The van der Waals surface area contributed by atoms with Crippen LogP contribution in [0.3, 0.4) is 0 Å². The summed E-state index contributed by atoms with van der Waals surface area (Å²) in [6.07, 6.45) is 3.29. The van der Waals surface area contributed by atoms with E-state index in [1.165, 1.54) is 0 Å². The lowest BCUT2D eigenvalue weighted by Crippen LogP contribution is -2.42. The Morgan fingerprint density at radius 3 is 2.39 bits per heavy atom. The third kappa shape index (κ3) is 5.58. The number of carboxylic acids is 1. The number of fused-ring (bicyclic) bond motifs is 1. The Morgan fingerprint density at radius 1 is 0.974 bits per heavy atom. The van der Waals surface area contributed by atoms with Crippen molar-refractivity contribution < 1.29 is 28.3 Å². The third-order valence-corrected chi connectivity index (χ3v) is 6.52. The summed E-state index contributed by atoms with van der Waals surface area (Å²) in [5.41, 5.74) is 4.75. The number of aliphatic carboxylic acids is 1. The van der Waals surface area contributed by atoms with Crippen LogP contribution in [0.4, 0.5) is 0 Å². The highest BCUT2D eigenvalue weighted by atomic mass is 35.5. The van der Waals surface area contributed by atoms with E-state index in [-0.39, 0.29) is 12.2 Å². The highest BCUT2D eigenvalue weighted by Crippen LogP contribution is 2.31. The van der Waals surface area contributed by atoms with Crippen LogP contribution in [-0.4, -0.2) is 23.0 Å². The van der Waals surface area contributed by atoms with Crippen molar-refractivity contribution in [1.82, 2.24) is 5.32 Å². The Morgan fingerprint density at radius 2 is 1.71 bits per heavy atom. The predicted molar refractivity (Wildman–Crippen MR) is 143 cm³/mol. The lowest BCUT2D eigenvalue weighted by Gasteiger charge is -2.14. The number of carboxylic acid groups (broad SMARTS) is 1. The Hall–Kier alpha value is -4.49. The number of rotatable bonds is 9.